The van der Waals surface area contributed by atoms with Gasteiger partial charge in [0.25, 0.3) is 0 Å². The minimum absolute atomic E-state index is 0.0914. The molecular formula is C19H19ClN3O3+. The predicted octanol–water partition coefficient (Wildman–Crippen LogP) is 1.30. The number of nitrogens with one attached hydrogen (secondary N) is 1. The molecule has 0 aliphatic carbocycles. The molecule has 26 heavy (non-hydrogen) atoms. The van der Waals surface area contributed by atoms with Crippen molar-refractivity contribution < 1.29 is 19.3 Å². The number of benzene rings is 2. The Balaban J connectivity index is 1.67. The fourth-order valence-electron chi connectivity index (χ4n) is 2.92. The van der Waals surface area contributed by atoms with Gasteiger partial charge in [0, 0.05) is 10.6 Å². The van der Waals surface area contributed by atoms with Crippen molar-refractivity contribution in [2.75, 3.05) is 13.7 Å². The third kappa shape index (κ3) is 3.92. The lowest BCUT2D eigenvalue weighted by atomic mass is 10.2. The van der Waals surface area contributed by atoms with Gasteiger partial charge < -0.3 is 4.90 Å². The lowest BCUT2D eigenvalue weighted by Crippen LogP contribution is -3.09. The molecule has 0 aromatic heterocycles. The molecule has 134 valence electrons. The van der Waals surface area contributed by atoms with E-state index in [0.29, 0.717) is 11.6 Å². The number of carbonyl (C=O) groups is 3. The van der Waals surface area contributed by atoms with Gasteiger partial charge in [-0.1, -0.05) is 54.1 Å². The van der Waals surface area contributed by atoms with E-state index in [1.807, 2.05) is 55.6 Å². The highest BCUT2D eigenvalue weighted by Crippen LogP contribution is 2.15. The lowest BCUT2D eigenvalue weighted by molar-refractivity contribution is -0.901. The Morgan fingerprint density at radius 1 is 0.885 bits per heavy atom. The summed E-state index contributed by atoms with van der Waals surface area (Å²) in [7, 11) is 1.85. The maximum absolute atomic E-state index is 12.5. The van der Waals surface area contributed by atoms with Crippen LogP contribution in [0.3, 0.4) is 0 Å². The first-order valence-corrected chi connectivity index (χ1v) is 8.60. The monoisotopic (exact) mass is 372 g/mol. The number of urea groups is 1. The molecule has 7 heteroatoms. The quantitative estimate of drug-likeness (QED) is 0.614. The largest absolute Gasteiger partial charge is 0.339 e. The maximum atomic E-state index is 12.5. The number of hydrogen-bond acceptors (Lipinski definition) is 3. The summed E-state index contributed by atoms with van der Waals surface area (Å²) < 4.78 is 0. The molecule has 0 radical (unpaired) electrons. The molecular weight excluding hydrogens is 354 g/mol. The van der Waals surface area contributed by atoms with Crippen molar-refractivity contribution in [2.45, 2.75) is 13.1 Å². The fraction of sp³-hybridized carbons (Fsp3) is 0.211. The van der Waals surface area contributed by atoms with E-state index < -0.39 is 17.8 Å². The Morgan fingerprint density at radius 3 is 2.23 bits per heavy atom. The van der Waals surface area contributed by atoms with Crippen LogP contribution >= 0.6 is 11.6 Å². The molecule has 1 N–H and O–H groups in total. The summed E-state index contributed by atoms with van der Waals surface area (Å²) in [5, 5.41) is 0.632. The van der Waals surface area contributed by atoms with Crippen LogP contribution in [0.5, 0.6) is 0 Å². The Labute approximate surface area is 156 Å². The minimum Gasteiger partial charge on any atom is -0.316 e. The molecule has 2 aromatic carbocycles. The summed E-state index contributed by atoms with van der Waals surface area (Å²) in [6.45, 7) is 0.778. The smallest absolute Gasteiger partial charge is 0.316 e. The summed E-state index contributed by atoms with van der Waals surface area (Å²) in [6.07, 6.45) is 0. The third-order valence-electron chi connectivity index (χ3n) is 4.14. The van der Waals surface area contributed by atoms with E-state index in [0.717, 1.165) is 25.8 Å². The van der Waals surface area contributed by atoms with Crippen molar-refractivity contribution in [2.24, 2.45) is 0 Å². The SMILES string of the molecule is C[NH+](Cc1cccc(Cl)c1)CN1C(=O)C(=O)N(Cc2ccccc2)C1=O. The Bertz CT molecular complexity index is 841. The molecule has 4 amide bonds. The van der Waals surface area contributed by atoms with Crippen molar-refractivity contribution in [3.8, 4) is 0 Å². The van der Waals surface area contributed by atoms with Crippen molar-refractivity contribution >= 4 is 29.4 Å². The van der Waals surface area contributed by atoms with Crippen LogP contribution in [-0.4, -0.2) is 41.4 Å². The summed E-state index contributed by atoms with van der Waals surface area (Å²) >= 11 is 5.98. The molecule has 0 spiro atoms. The summed E-state index contributed by atoms with van der Waals surface area (Å²) in [5.41, 5.74) is 1.78. The molecule has 0 saturated carbocycles. The summed E-state index contributed by atoms with van der Waals surface area (Å²) in [6, 6.07) is 15.9. The highest BCUT2D eigenvalue weighted by Gasteiger charge is 2.45. The van der Waals surface area contributed by atoms with Crippen LogP contribution in [0.4, 0.5) is 4.79 Å². The molecule has 0 bridgehead atoms. The second-order valence-corrected chi connectivity index (χ2v) is 6.75. The van der Waals surface area contributed by atoms with E-state index in [9.17, 15) is 14.4 Å². The zero-order valence-corrected chi connectivity index (χ0v) is 15.1. The number of halogens is 1. The molecule has 3 rings (SSSR count). The van der Waals surface area contributed by atoms with Gasteiger partial charge in [0.2, 0.25) is 0 Å². The Kier molecular flexibility index (Phi) is 5.35. The molecule has 1 aliphatic heterocycles. The highest BCUT2D eigenvalue weighted by molar-refractivity contribution is 6.44. The first-order valence-electron chi connectivity index (χ1n) is 8.22. The third-order valence-corrected chi connectivity index (χ3v) is 4.38. The second kappa shape index (κ2) is 7.68. The van der Waals surface area contributed by atoms with Gasteiger partial charge in [0.05, 0.1) is 13.6 Å². The first kappa shape index (κ1) is 18.1. The van der Waals surface area contributed by atoms with Crippen LogP contribution in [-0.2, 0) is 22.7 Å². The zero-order chi connectivity index (χ0) is 18.7. The van der Waals surface area contributed by atoms with Crippen molar-refractivity contribution in [1.82, 2.24) is 9.80 Å². The van der Waals surface area contributed by atoms with Crippen molar-refractivity contribution in [3.63, 3.8) is 0 Å². The number of hydrogen-bond donors (Lipinski definition) is 1. The summed E-state index contributed by atoms with van der Waals surface area (Å²) in [5.74, 6) is -1.56. The average Bonchev–Trinajstić information content (AvgIpc) is 2.81. The van der Waals surface area contributed by atoms with Gasteiger partial charge >= 0.3 is 17.8 Å². The van der Waals surface area contributed by atoms with E-state index in [2.05, 4.69) is 0 Å². The molecule has 1 saturated heterocycles. The fourth-order valence-corrected chi connectivity index (χ4v) is 3.13. The van der Waals surface area contributed by atoms with E-state index in [-0.39, 0.29) is 13.2 Å². The van der Waals surface area contributed by atoms with Crippen LogP contribution in [0.2, 0.25) is 5.02 Å². The van der Waals surface area contributed by atoms with Gasteiger partial charge in [-0.3, -0.25) is 14.5 Å². The van der Waals surface area contributed by atoms with Gasteiger partial charge in [-0.05, 0) is 17.7 Å². The molecule has 1 aliphatic rings. The maximum Gasteiger partial charge on any atom is 0.339 e. The number of carbonyl (C=O) groups excluding carboxylic acids is 3. The van der Waals surface area contributed by atoms with E-state index in [1.165, 1.54) is 0 Å². The first-order chi connectivity index (χ1) is 12.5. The second-order valence-electron chi connectivity index (χ2n) is 6.31. The van der Waals surface area contributed by atoms with E-state index >= 15 is 0 Å². The predicted molar refractivity (Wildman–Crippen MR) is 96.1 cm³/mol. The van der Waals surface area contributed by atoms with Crippen LogP contribution in [0, 0.1) is 0 Å². The number of amides is 4. The van der Waals surface area contributed by atoms with Crippen LogP contribution in [0.25, 0.3) is 0 Å². The Morgan fingerprint density at radius 2 is 1.54 bits per heavy atom. The molecule has 1 fully saturated rings. The number of rotatable bonds is 6. The van der Waals surface area contributed by atoms with Gasteiger partial charge in [-0.2, -0.15) is 0 Å². The van der Waals surface area contributed by atoms with Crippen LogP contribution in [0.1, 0.15) is 11.1 Å². The average molecular weight is 373 g/mol. The molecule has 2 aromatic rings. The minimum atomic E-state index is -0.783. The molecule has 1 atom stereocenters. The van der Waals surface area contributed by atoms with Crippen molar-refractivity contribution in [1.29, 1.82) is 0 Å². The van der Waals surface area contributed by atoms with E-state index in [1.54, 1.807) is 6.07 Å². The van der Waals surface area contributed by atoms with Gasteiger partial charge in [0.15, 0.2) is 6.67 Å². The highest BCUT2D eigenvalue weighted by atomic mass is 35.5. The standard InChI is InChI=1S/C19H18ClN3O3/c1-21(11-15-8-5-9-16(20)10-15)13-23-18(25)17(24)22(19(23)26)12-14-6-3-2-4-7-14/h2-10H,11-13H2,1H3/p+1. The number of imide groups is 2. The van der Waals surface area contributed by atoms with Gasteiger partial charge in [-0.25, -0.2) is 9.69 Å². The zero-order valence-electron chi connectivity index (χ0n) is 14.3. The van der Waals surface area contributed by atoms with Crippen molar-refractivity contribution in [3.05, 3.63) is 70.7 Å². The molecule has 1 unspecified atom stereocenters. The molecule has 6 nitrogen and oxygen atoms in total. The van der Waals surface area contributed by atoms with Crippen LogP contribution < -0.4 is 4.90 Å². The summed E-state index contributed by atoms with van der Waals surface area (Å²) in [4.78, 5) is 39.9. The normalized spacial score (nSPS) is 15.7. The lowest BCUT2D eigenvalue weighted by Gasteiger charge is -2.20. The Hall–Kier alpha value is -2.70. The van der Waals surface area contributed by atoms with E-state index in [4.69, 9.17) is 11.6 Å². The number of quaternary nitrogens is 1. The van der Waals surface area contributed by atoms with Gasteiger partial charge in [-0.15, -0.1) is 0 Å². The van der Waals surface area contributed by atoms with Gasteiger partial charge in [0.1, 0.15) is 6.54 Å². The van der Waals surface area contributed by atoms with Crippen LogP contribution in [0.15, 0.2) is 54.6 Å². The molecule has 1 heterocycles. The number of nitrogens with zero attached hydrogens (tertiary/aromatic N) is 2. The topological polar surface area (TPSA) is 62.1 Å².